The summed E-state index contributed by atoms with van der Waals surface area (Å²) in [5.74, 6) is 5.07. The van der Waals surface area contributed by atoms with Gasteiger partial charge in [0.25, 0.3) is 0 Å². The monoisotopic (exact) mass is 1030 g/mol. The Labute approximate surface area is 441 Å². The predicted molar refractivity (Wildman–Crippen MR) is 301 cm³/mol. The van der Waals surface area contributed by atoms with Crippen LogP contribution in [0.1, 0.15) is 145 Å². The molecule has 2 unspecified atom stereocenters. The highest BCUT2D eigenvalue weighted by atomic mass is 32.1. The van der Waals surface area contributed by atoms with Gasteiger partial charge in [-0.15, -0.1) is 45.3 Å². The maximum Gasteiger partial charge on any atom is 0.160 e. The molecule has 4 aromatic heterocycles. The first-order chi connectivity index (χ1) is 35.0. The number of benzene rings is 4. The van der Waals surface area contributed by atoms with Crippen molar-refractivity contribution in [3.05, 3.63) is 163 Å². The Morgan fingerprint density at radius 3 is 0.903 bits per heavy atom. The van der Waals surface area contributed by atoms with Crippen LogP contribution in [0, 0.1) is 23.7 Å². The van der Waals surface area contributed by atoms with Crippen LogP contribution in [-0.2, 0) is 10.8 Å². The van der Waals surface area contributed by atoms with Crippen LogP contribution in [0.4, 0.5) is 0 Å². The second-order valence-corrected chi connectivity index (χ2v) is 24.4. The van der Waals surface area contributed by atoms with E-state index >= 15 is 0 Å². The minimum atomic E-state index is -0.790. The van der Waals surface area contributed by atoms with Crippen LogP contribution in [0.3, 0.4) is 0 Å². The van der Waals surface area contributed by atoms with Crippen molar-refractivity contribution in [2.75, 3.05) is 26.4 Å². The van der Waals surface area contributed by atoms with Gasteiger partial charge < -0.3 is 18.9 Å². The van der Waals surface area contributed by atoms with Gasteiger partial charge in [0, 0.05) is 11.1 Å². The zero-order chi connectivity index (χ0) is 50.3. The van der Waals surface area contributed by atoms with E-state index in [2.05, 4.69) is 165 Å². The van der Waals surface area contributed by atoms with Crippen molar-refractivity contribution in [3.63, 3.8) is 0 Å². The zero-order valence-corrected chi connectivity index (χ0v) is 45.9. The number of aldehydes is 2. The van der Waals surface area contributed by atoms with Gasteiger partial charge in [0.05, 0.1) is 75.9 Å². The number of carbonyl (C=O) groups excluding carboxylic acids is 2. The van der Waals surface area contributed by atoms with Crippen LogP contribution >= 0.6 is 45.3 Å². The standard InChI is InChI=1S/C62H64O6S4/c1-9-37(5)33-65-45-21-13-41(14-22-45)61(42-15-23-46(24-16-42)66-34-38(6)10-2)51-29-49(31-63)69-55(51)57-53(61)59-60(71-57)54-58(72-59)56-52(30-50(32-64)70-56)62(54,43-17-25-47(26-18-43)67-35-39(7)11-3)44-19-27-48(28-20-44)68-36-40(8)12-4/h13-32,37-40H,9-12,33-36H2,1-8H3/t37-,38+,39-,40+,61?,62?. The fourth-order valence-corrected chi connectivity index (χ4v) is 15.7. The largest absolute Gasteiger partial charge is 0.493 e. The summed E-state index contributed by atoms with van der Waals surface area (Å²) in [5, 5.41) is 0. The van der Waals surface area contributed by atoms with Crippen LogP contribution in [0.25, 0.3) is 28.9 Å². The third-order valence-electron chi connectivity index (χ3n) is 15.3. The van der Waals surface area contributed by atoms with Gasteiger partial charge in [0.1, 0.15) is 23.0 Å². The fourth-order valence-electron chi connectivity index (χ4n) is 10.2. The Kier molecular flexibility index (Phi) is 14.4. The molecule has 6 atom stereocenters. The summed E-state index contributed by atoms with van der Waals surface area (Å²) in [6.07, 6.45) is 6.17. The van der Waals surface area contributed by atoms with Crippen molar-refractivity contribution in [1.82, 2.24) is 0 Å². The van der Waals surface area contributed by atoms with Gasteiger partial charge >= 0.3 is 0 Å². The van der Waals surface area contributed by atoms with Gasteiger partial charge in [0.15, 0.2) is 12.6 Å². The molecule has 4 heterocycles. The lowest BCUT2D eigenvalue weighted by Crippen LogP contribution is -2.29. The number of hydrogen-bond acceptors (Lipinski definition) is 10. The van der Waals surface area contributed by atoms with Crippen molar-refractivity contribution in [1.29, 1.82) is 0 Å². The minimum absolute atomic E-state index is 0.435. The SMILES string of the molecule is CC[C@@H](C)COc1ccc(C2(c3ccc(OC[C@@H](C)CC)cc3)c3cc(C=O)sc3-c3sc4c5c(sc4c32)-c2sc(C=O)cc2C5(c2ccc(OC[C@H](C)CC)cc2)c2ccc(OC[C@@H](C)CC)cc2)cc1. The summed E-state index contributed by atoms with van der Waals surface area (Å²) in [7, 11) is 0. The van der Waals surface area contributed by atoms with Crippen LogP contribution in [0.15, 0.2) is 109 Å². The van der Waals surface area contributed by atoms with Crippen LogP contribution in [0.2, 0.25) is 0 Å². The Bertz CT molecular complexity index is 2860. The molecule has 0 amide bonds. The summed E-state index contributed by atoms with van der Waals surface area (Å²) in [6.45, 7) is 20.2. The van der Waals surface area contributed by atoms with E-state index in [1.54, 1.807) is 22.7 Å². The summed E-state index contributed by atoms with van der Waals surface area (Å²) in [5.41, 5.74) is 7.50. The highest BCUT2D eigenvalue weighted by Crippen LogP contribution is 2.70. The first-order valence-electron chi connectivity index (χ1n) is 25.7. The molecule has 372 valence electrons. The van der Waals surface area contributed by atoms with Crippen molar-refractivity contribution in [2.45, 2.75) is 91.9 Å². The average molecular weight is 1030 g/mol. The molecule has 0 fully saturated rings. The molecular formula is C62H64O6S4. The molecule has 0 aliphatic heterocycles. The second-order valence-electron chi connectivity index (χ2n) is 20.2. The van der Waals surface area contributed by atoms with Crippen molar-refractivity contribution in [3.8, 4) is 42.5 Å². The summed E-state index contributed by atoms with van der Waals surface area (Å²) >= 11 is 6.84. The molecule has 0 bridgehead atoms. The fraction of sp³-hybridized carbons (Fsp3) is 0.355. The summed E-state index contributed by atoms with van der Waals surface area (Å²) in [6, 6.07) is 39.0. The molecule has 8 aromatic rings. The number of thiophene rings is 4. The van der Waals surface area contributed by atoms with Crippen LogP contribution < -0.4 is 18.9 Å². The molecule has 0 N–H and O–H groups in total. The highest BCUT2D eigenvalue weighted by Gasteiger charge is 2.55. The van der Waals surface area contributed by atoms with E-state index in [0.717, 1.165) is 104 Å². The number of hydrogen-bond donors (Lipinski definition) is 0. The molecule has 2 aliphatic carbocycles. The maximum absolute atomic E-state index is 12.9. The molecular weight excluding hydrogens is 969 g/mol. The third kappa shape index (κ3) is 8.54. The Balaban J connectivity index is 1.24. The second kappa shape index (κ2) is 20.8. The Hall–Kier alpha value is -5.52. The van der Waals surface area contributed by atoms with E-state index in [1.807, 2.05) is 22.7 Å². The summed E-state index contributed by atoms with van der Waals surface area (Å²) in [4.78, 5) is 31.8. The average Bonchev–Trinajstić information content (AvgIpc) is 4.27. The topological polar surface area (TPSA) is 71.1 Å². The Morgan fingerprint density at radius 2 is 0.667 bits per heavy atom. The van der Waals surface area contributed by atoms with Gasteiger partial charge in [-0.1, -0.05) is 130 Å². The lowest BCUT2D eigenvalue weighted by atomic mass is 9.67. The Morgan fingerprint density at radius 1 is 0.403 bits per heavy atom. The van der Waals surface area contributed by atoms with E-state index in [-0.39, 0.29) is 0 Å². The lowest BCUT2D eigenvalue weighted by Gasteiger charge is -2.34. The molecule has 10 rings (SSSR count). The minimum Gasteiger partial charge on any atom is -0.493 e. The third-order valence-corrected chi connectivity index (χ3v) is 20.3. The van der Waals surface area contributed by atoms with E-state index < -0.39 is 10.8 Å². The van der Waals surface area contributed by atoms with Crippen molar-refractivity contribution in [2.24, 2.45) is 23.7 Å². The van der Waals surface area contributed by atoms with E-state index in [0.29, 0.717) is 59.9 Å². The van der Waals surface area contributed by atoms with Gasteiger partial charge in [-0.05, 0) is 118 Å². The molecule has 0 radical (unpaired) electrons. The van der Waals surface area contributed by atoms with Gasteiger partial charge in [-0.3, -0.25) is 9.59 Å². The number of rotatable bonds is 22. The molecule has 0 saturated carbocycles. The van der Waals surface area contributed by atoms with Gasteiger partial charge in [-0.2, -0.15) is 0 Å². The molecule has 0 spiro atoms. The smallest absolute Gasteiger partial charge is 0.160 e. The molecule has 6 nitrogen and oxygen atoms in total. The number of carbonyl (C=O) groups is 2. The number of fused-ring (bicyclic) bond motifs is 9. The normalized spacial score (nSPS) is 18.2. The number of ether oxygens (including phenoxy) is 4. The lowest BCUT2D eigenvalue weighted by molar-refractivity contribution is 0.111. The molecule has 4 aromatic carbocycles. The first kappa shape index (κ1) is 50.0. The van der Waals surface area contributed by atoms with E-state index in [9.17, 15) is 9.59 Å². The maximum atomic E-state index is 12.9. The van der Waals surface area contributed by atoms with Crippen LogP contribution in [0.5, 0.6) is 23.0 Å². The van der Waals surface area contributed by atoms with E-state index in [1.165, 1.54) is 30.3 Å². The highest BCUT2D eigenvalue weighted by molar-refractivity contribution is 7.34. The quantitative estimate of drug-likeness (QED) is 0.0630. The molecule has 0 saturated heterocycles. The molecule has 10 heteroatoms. The predicted octanol–water partition coefficient (Wildman–Crippen LogP) is 17.1. The molecule has 2 aliphatic rings. The zero-order valence-electron chi connectivity index (χ0n) is 42.6. The van der Waals surface area contributed by atoms with Crippen molar-refractivity contribution < 1.29 is 28.5 Å². The summed E-state index contributed by atoms with van der Waals surface area (Å²) < 4.78 is 27.9. The van der Waals surface area contributed by atoms with E-state index in [4.69, 9.17) is 18.9 Å². The van der Waals surface area contributed by atoms with Gasteiger partial charge in [-0.25, -0.2) is 0 Å². The first-order valence-corrected chi connectivity index (χ1v) is 29.0. The van der Waals surface area contributed by atoms with Gasteiger partial charge in [0.2, 0.25) is 0 Å². The van der Waals surface area contributed by atoms with Crippen LogP contribution in [-0.4, -0.2) is 39.0 Å². The van der Waals surface area contributed by atoms with Crippen molar-refractivity contribution >= 4 is 67.3 Å². The molecule has 72 heavy (non-hydrogen) atoms.